The van der Waals surface area contributed by atoms with Crippen molar-refractivity contribution in [1.82, 2.24) is 10.4 Å². The molecule has 0 aliphatic heterocycles. The van der Waals surface area contributed by atoms with Crippen LogP contribution in [0.5, 0.6) is 0 Å². The van der Waals surface area contributed by atoms with Crippen LogP contribution >= 0.6 is 0 Å². The van der Waals surface area contributed by atoms with Gasteiger partial charge in [-0.15, -0.1) is 6.58 Å². The van der Waals surface area contributed by atoms with Gasteiger partial charge in [0.25, 0.3) is 0 Å². The molecule has 0 bridgehead atoms. The Balaban J connectivity index is 3.38. The Morgan fingerprint density at radius 2 is 1.78 bits per heavy atom. The number of hydroxylamine groups is 1. The summed E-state index contributed by atoms with van der Waals surface area (Å²) in [5.41, 5.74) is 2.32. The van der Waals surface area contributed by atoms with Crippen LogP contribution in [0.25, 0.3) is 0 Å². The van der Waals surface area contributed by atoms with Gasteiger partial charge < -0.3 is 4.74 Å². The lowest BCUT2D eigenvalue weighted by Gasteiger charge is -2.32. The van der Waals surface area contributed by atoms with E-state index in [0.717, 1.165) is 10.5 Å². The summed E-state index contributed by atoms with van der Waals surface area (Å²) in [5, 5.41) is 9.40. The van der Waals surface area contributed by atoms with Crippen LogP contribution in [-0.2, 0) is 20.7 Å². The van der Waals surface area contributed by atoms with Crippen LogP contribution in [0.2, 0.25) is 0 Å². The molecule has 1 rings (SSSR count). The molecule has 0 aliphatic carbocycles. The average Bonchev–Trinajstić information content (AvgIpc) is 2.79. The molecular formula is C25H38N2O5. The van der Waals surface area contributed by atoms with E-state index in [0.29, 0.717) is 32.1 Å². The van der Waals surface area contributed by atoms with Gasteiger partial charge in [0.1, 0.15) is 12.1 Å². The maximum atomic E-state index is 13.6. The number of nitrogens with one attached hydrogen (secondary N) is 1. The molecule has 0 spiro atoms. The van der Waals surface area contributed by atoms with Gasteiger partial charge in [-0.3, -0.25) is 10.0 Å². The second-order valence-corrected chi connectivity index (χ2v) is 8.40. The molecule has 0 aromatic heterocycles. The summed E-state index contributed by atoms with van der Waals surface area (Å²) in [4.78, 5) is 40.3. The minimum atomic E-state index is -1.20. The number of amides is 3. The molecule has 0 fully saturated rings. The zero-order chi connectivity index (χ0) is 24.1. The molecular weight excluding hydrogens is 408 g/mol. The first-order chi connectivity index (χ1) is 15.3. The van der Waals surface area contributed by atoms with Crippen LogP contribution in [0.1, 0.15) is 65.4 Å². The largest absolute Gasteiger partial charge is 0.461 e. The van der Waals surface area contributed by atoms with Crippen LogP contribution in [-0.4, -0.2) is 40.2 Å². The molecule has 7 heteroatoms. The van der Waals surface area contributed by atoms with Crippen molar-refractivity contribution in [3.63, 3.8) is 0 Å². The number of ether oxygens (including phenoxy) is 1. The van der Waals surface area contributed by atoms with Crippen LogP contribution in [0.4, 0.5) is 4.79 Å². The summed E-state index contributed by atoms with van der Waals surface area (Å²) in [6, 6.07) is 6.89. The van der Waals surface area contributed by atoms with Gasteiger partial charge in [0.05, 0.1) is 0 Å². The topological polar surface area (TPSA) is 95.9 Å². The highest BCUT2D eigenvalue weighted by Gasteiger charge is 2.39. The number of benzene rings is 1. The molecule has 178 valence electrons. The molecule has 1 aromatic carbocycles. The van der Waals surface area contributed by atoms with Crippen molar-refractivity contribution >= 4 is 17.9 Å². The third-order valence-corrected chi connectivity index (χ3v) is 5.43. The smallest absolute Gasteiger partial charge is 0.348 e. The van der Waals surface area contributed by atoms with Gasteiger partial charge in [0.2, 0.25) is 5.91 Å². The van der Waals surface area contributed by atoms with Crippen LogP contribution < -0.4 is 5.48 Å². The monoisotopic (exact) mass is 446 g/mol. The maximum Gasteiger partial charge on any atom is 0.348 e. The Morgan fingerprint density at radius 3 is 2.28 bits per heavy atom. The molecule has 0 heterocycles. The van der Waals surface area contributed by atoms with Crippen molar-refractivity contribution in [2.24, 2.45) is 11.8 Å². The van der Waals surface area contributed by atoms with E-state index in [2.05, 4.69) is 6.58 Å². The summed E-state index contributed by atoms with van der Waals surface area (Å²) in [6.07, 6.45) is 4.37. The Kier molecular flexibility index (Phi) is 12.3. The second-order valence-electron chi connectivity index (χ2n) is 8.40. The van der Waals surface area contributed by atoms with E-state index < -0.39 is 29.9 Å². The predicted octanol–water partition coefficient (Wildman–Crippen LogP) is 4.89. The lowest BCUT2D eigenvalue weighted by atomic mass is 9.90. The number of allylic oxidation sites excluding steroid dienone is 1. The zero-order valence-electron chi connectivity index (χ0n) is 19.8. The number of imide groups is 1. The standard InChI is InChI=1S/C25H38N2O5/c1-6-9-15-20(16-18(4)5)23(28)27(25(30)26-31)22(17-19-13-11-10-12-14-19)24(29)32-21(7-2)8-3/h6,10-14,18,20-22,31H,1,7-9,15-17H2,2-5H3,(H,26,30)/t20?,22-/m0/s1. The van der Waals surface area contributed by atoms with E-state index >= 15 is 0 Å². The molecule has 3 amide bonds. The van der Waals surface area contributed by atoms with E-state index in [1.165, 1.54) is 0 Å². The van der Waals surface area contributed by atoms with Crippen molar-refractivity contribution in [2.45, 2.75) is 78.4 Å². The SMILES string of the molecule is C=CCCC(CC(C)C)C(=O)N(C(=O)NO)[C@@H](Cc1ccccc1)C(=O)OC(CC)CC. The molecule has 7 nitrogen and oxygen atoms in total. The summed E-state index contributed by atoms with van der Waals surface area (Å²) in [7, 11) is 0. The highest BCUT2D eigenvalue weighted by atomic mass is 16.5. The quantitative estimate of drug-likeness (QED) is 0.195. The van der Waals surface area contributed by atoms with Crippen molar-refractivity contribution in [2.75, 3.05) is 0 Å². The number of esters is 1. The summed E-state index contributed by atoms with van der Waals surface area (Å²) in [5.74, 6) is -1.46. The Bertz CT molecular complexity index is 731. The van der Waals surface area contributed by atoms with Gasteiger partial charge in [-0.25, -0.2) is 20.0 Å². The van der Waals surface area contributed by atoms with E-state index in [1.807, 2.05) is 58.0 Å². The van der Waals surface area contributed by atoms with Gasteiger partial charge in [0.15, 0.2) is 0 Å². The fraction of sp³-hybridized carbons (Fsp3) is 0.560. The van der Waals surface area contributed by atoms with Gasteiger partial charge in [0, 0.05) is 12.3 Å². The highest BCUT2D eigenvalue weighted by molar-refractivity contribution is 5.99. The van der Waals surface area contributed by atoms with E-state index in [9.17, 15) is 19.6 Å². The first-order valence-corrected chi connectivity index (χ1v) is 11.4. The van der Waals surface area contributed by atoms with Gasteiger partial charge in [-0.05, 0) is 43.6 Å². The summed E-state index contributed by atoms with van der Waals surface area (Å²) < 4.78 is 5.64. The zero-order valence-corrected chi connectivity index (χ0v) is 19.8. The van der Waals surface area contributed by atoms with Gasteiger partial charge >= 0.3 is 12.0 Å². The molecule has 32 heavy (non-hydrogen) atoms. The molecule has 1 aromatic rings. The van der Waals surface area contributed by atoms with Crippen molar-refractivity contribution in [3.8, 4) is 0 Å². The van der Waals surface area contributed by atoms with E-state index in [-0.39, 0.29) is 18.4 Å². The van der Waals surface area contributed by atoms with Crippen LogP contribution in [0.3, 0.4) is 0 Å². The normalized spacial score (nSPS) is 12.8. The first kappa shape index (κ1) is 27.4. The number of carbonyl (C=O) groups is 3. The third-order valence-electron chi connectivity index (χ3n) is 5.43. The van der Waals surface area contributed by atoms with Crippen LogP contribution in [0, 0.1) is 11.8 Å². The maximum absolute atomic E-state index is 13.6. The third kappa shape index (κ3) is 8.46. The molecule has 0 radical (unpaired) electrons. The summed E-state index contributed by atoms with van der Waals surface area (Å²) in [6.45, 7) is 11.5. The number of urea groups is 1. The number of hydrogen-bond donors (Lipinski definition) is 2. The first-order valence-electron chi connectivity index (χ1n) is 11.4. The minimum absolute atomic E-state index is 0.0921. The predicted molar refractivity (Wildman–Crippen MR) is 124 cm³/mol. The Hall–Kier alpha value is -2.67. The molecule has 0 saturated heterocycles. The van der Waals surface area contributed by atoms with Crippen molar-refractivity contribution in [1.29, 1.82) is 0 Å². The fourth-order valence-electron chi connectivity index (χ4n) is 3.69. The number of nitrogens with zero attached hydrogens (tertiary/aromatic N) is 1. The number of hydrogen-bond acceptors (Lipinski definition) is 5. The molecule has 1 unspecified atom stereocenters. The van der Waals surface area contributed by atoms with E-state index in [1.54, 1.807) is 11.6 Å². The lowest BCUT2D eigenvalue weighted by Crippen LogP contribution is -2.55. The number of rotatable bonds is 13. The molecule has 0 aliphatic rings. The average molecular weight is 447 g/mol. The Morgan fingerprint density at radius 1 is 1.16 bits per heavy atom. The van der Waals surface area contributed by atoms with E-state index in [4.69, 9.17) is 4.74 Å². The second kappa shape index (κ2) is 14.4. The number of carbonyl (C=O) groups excluding carboxylic acids is 3. The van der Waals surface area contributed by atoms with Crippen molar-refractivity contribution in [3.05, 3.63) is 48.6 Å². The van der Waals surface area contributed by atoms with Crippen molar-refractivity contribution < 1.29 is 24.3 Å². The minimum Gasteiger partial charge on any atom is -0.461 e. The van der Waals surface area contributed by atoms with Gasteiger partial charge in [-0.1, -0.05) is 64.1 Å². The molecule has 2 atom stereocenters. The highest BCUT2D eigenvalue weighted by Crippen LogP contribution is 2.24. The van der Waals surface area contributed by atoms with Gasteiger partial charge in [-0.2, -0.15) is 0 Å². The lowest BCUT2D eigenvalue weighted by molar-refractivity contribution is -0.159. The Labute approximate surface area is 191 Å². The molecule has 0 saturated carbocycles. The fourth-order valence-corrected chi connectivity index (χ4v) is 3.69. The van der Waals surface area contributed by atoms with Crippen LogP contribution in [0.15, 0.2) is 43.0 Å². The summed E-state index contributed by atoms with van der Waals surface area (Å²) >= 11 is 0. The molecule has 2 N–H and O–H groups in total.